The van der Waals surface area contributed by atoms with Gasteiger partial charge in [0.1, 0.15) is 0 Å². The smallest absolute Gasteiger partial charge is 0.0361 e. The molecule has 1 saturated heterocycles. The first-order valence-corrected chi connectivity index (χ1v) is 7.77. The van der Waals surface area contributed by atoms with Gasteiger partial charge >= 0.3 is 0 Å². The van der Waals surface area contributed by atoms with Crippen LogP contribution in [-0.2, 0) is 0 Å². The molecule has 0 radical (unpaired) electrons. The van der Waals surface area contributed by atoms with Crippen molar-refractivity contribution in [3.05, 3.63) is 29.8 Å². The van der Waals surface area contributed by atoms with Crippen molar-refractivity contribution in [2.75, 3.05) is 45.7 Å². The van der Waals surface area contributed by atoms with Gasteiger partial charge in [0.05, 0.1) is 0 Å². The molecule has 0 saturated carbocycles. The maximum absolute atomic E-state index is 3.32. The second-order valence-electron chi connectivity index (χ2n) is 6.22. The zero-order valence-corrected chi connectivity index (χ0v) is 13.4. The highest BCUT2D eigenvalue weighted by molar-refractivity contribution is 5.46. The molecule has 1 aromatic rings. The molecular formula is C17H29N3. The molecule has 1 aromatic carbocycles. The molecular weight excluding hydrogens is 246 g/mol. The summed E-state index contributed by atoms with van der Waals surface area (Å²) in [5.74, 6) is 0.803. The van der Waals surface area contributed by atoms with Crippen molar-refractivity contribution in [1.29, 1.82) is 0 Å². The molecule has 1 aliphatic rings. The molecule has 112 valence electrons. The average Bonchev–Trinajstić information content (AvgIpc) is 2.47. The molecule has 20 heavy (non-hydrogen) atoms. The lowest BCUT2D eigenvalue weighted by atomic mass is 9.95. The Morgan fingerprint density at radius 1 is 1.30 bits per heavy atom. The topological polar surface area (TPSA) is 18.5 Å². The van der Waals surface area contributed by atoms with E-state index in [2.05, 4.69) is 67.4 Å². The largest absolute Gasteiger partial charge is 0.378 e. The second kappa shape index (κ2) is 7.09. The van der Waals surface area contributed by atoms with Gasteiger partial charge in [-0.25, -0.2) is 0 Å². The van der Waals surface area contributed by atoms with Crippen LogP contribution in [0.4, 0.5) is 5.69 Å². The Kier molecular flexibility index (Phi) is 5.44. The molecule has 3 nitrogen and oxygen atoms in total. The highest BCUT2D eigenvalue weighted by Gasteiger charge is 2.23. The van der Waals surface area contributed by atoms with Gasteiger partial charge in [0.2, 0.25) is 0 Å². The van der Waals surface area contributed by atoms with Gasteiger partial charge in [-0.05, 0) is 63.5 Å². The Balaban J connectivity index is 2.00. The standard InChI is InChI=1S/C17H29N3/c1-14(16-7-9-17(10-8-16)19(3)4)20-11-5-6-15(13-20)12-18-2/h7-10,14-15,18H,5-6,11-13H2,1-4H3. The third-order valence-electron chi connectivity index (χ3n) is 4.48. The van der Waals surface area contributed by atoms with Gasteiger partial charge in [-0.1, -0.05) is 12.1 Å². The van der Waals surface area contributed by atoms with E-state index in [1.165, 1.54) is 37.2 Å². The van der Waals surface area contributed by atoms with Crippen LogP contribution in [-0.4, -0.2) is 45.7 Å². The zero-order valence-electron chi connectivity index (χ0n) is 13.4. The summed E-state index contributed by atoms with van der Waals surface area (Å²) in [6, 6.07) is 9.52. The predicted molar refractivity (Wildman–Crippen MR) is 87.4 cm³/mol. The molecule has 0 aliphatic carbocycles. The van der Waals surface area contributed by atoms with Crippen molar-refractivity contribution in [3.8, 4) is 0 Å². The van der Waals surface area contributed by atoms with Crippen LogP contribution >= 0.6 is 0 Å². The zero-order chi connectivity index (χ0) is 14.5. The molecule has 1 fully saturated rings. The van der Waals surface area contributed by atoms with E-state index < -0.39 is 0 Å². The number of nitrogens with zero attached hydrogens (tertiary/aromatic N) is 2. The van der Waals surface area contributed by atoms with E-state index in [4.69, 9.17) is 0 Å². The lowest BCUT2D eigenvalue weighted by Crippen LogP contribution is -2.40. The molecule has 2 rings (SSSR count). The van der Waals surface area contributed by atoms with Crippen LogP contribution in [0.1, 0.15) is 31.4 Å². The molecule has 0 spiro atoms. The van der Waals surface area contributed by atoms with Gasteiger partial charge < -0.3 is 10.2 Å². The summed E-state index contributed by atoms with van der Waals surface area (Å²) in [6.45, 7) is 5.93. The van der Waals surface area contributed by atoms with E-state index in [0.717, 1.165) is 12.5 Å². The average molecular weight is 275 g/mol. The van der Waals surface area contributed by atoms with Crippen LogP contribution < -0.4 is 10.2 Å². The second-order valence-corrected chi connectivity index (χ2v) is 6.22. The number of anilines is 1. The summed E-state index contributed by atoms with van der Waals surface area (Å²) in [5, 5.41) is 3.32. The van der Waals surface area contributed by atoms with Crippen LogP contribution in [0, 0.1) is 5.92 Å². The van der Waals surface area contributed by atoms with E-state index in [1.807, 2.05) is 0 Å². The van der Waals surface area contributed by atoms with Crippen LogP contribution in [0.3, 0.4) is 0 Å². The Morgan fingerprint density at radius 2 is 2.00 bits per heavy atom. The molecule has 2 atom stereocenters. The van der Waals surface area contributed by atoms with Crippen LogP contribution in [0.25, 0.3) is 0 Å². The van der Waals surface area contributed by atoms with Gasteiger partial charge in [-0.3, -0.25) is 4.90 Å². The Labute approximate surface area is 124 Å². The van der Waals surface area contributed by atoms with Gasteiger partial charge in [0, 0.05) is 32.4 Å². The normalized spacial score (nSPS) is 21.7. The first-order valence-electron chi connectivity index (χ1n) is 7.77. The van der Waals surface area contributed by atoms with Gasteiger partial charge in [-0.2, -0.15) is 0 Å². The fourth-order valence-corrected chi connectivity index (χ4v) is 3.17. The van der Waals surface area contributed by atoms with E-state index >= 15 is 0 Å². The van der Waals surface area contributed by atoms with Gasteiger partial charge in [0.25, 0.3) is 0 Å². The van der Waals surface area contributed by atoms with Crippen LogP contribution in [0.5, 0.6) is 0 Å². The van der Waals surface area contributed by atoms with Gasteiger partial charge in [0.15, 0.2) is 0 Å². The molecule has 3 heteroatoms. The molecule has 1 heterocycles. The molecule has 2 unspecified atom stereocenters. The molecule has 0 amide bonds. The Morgan fingerprint density at radius 3 is 2.60 bits per heavy atom. The Hall–Kier alpha value is -1.06. The van der Waals surface area contributed by atoms with Crippen LogP contribution in [0.15, 0.2) is 24.3 Å². The third-order valence-corrected chi connectivity index (χ3v) is 4.48. The van der Waals surface area contributed by atoms with Crippen molar-refractivity contribution < 1.29 is 0 Å². The third kappa shape index (κ3) is 3.74. The molecule has 0 aromatic heterocycles. The first kappa shape index (κ1) is 15.3. The molecule has 1 N–H and O–H groups in total. The number of piperidine rings is 1. The van der Waals surface area contributed by atoms with E-state index in [-0.39, 0.29) is 0 Å². The first-order chi connectivity index (χ1) is 9.61. The molecule has 1 aliphatic heterocycles. The summed E-state index contributed by atoms with van der Waals surface area (Å²) in [6.07, 6.45) is 2.69. The summed E-state index contributed by atoms with van der Waals surface area (Å²) < 4.78 is 0. The predicted octanol–water partition coefficient (Wildman–Crippen LogP) is 2.75. The minimum absolute atomic E-state index is 0.519. The maximum Gasteiger partial charge on any atom is 0.0361 e. The fraction of sp³-hybridized carbons (Fsp3) is 0.647. The lowest BCUT2D eigenvalue weighted by molar-refractivity contribution is 0.131. The number of hydrogen-bond donors (Lipinski definition) is 1. The fourth-order valence-electron chi connectivity index (χ4n) is 3.17. The summed E-state index contributed by atoms with van der Waals surface area (Å²) >= 11 is 0. The number of nitrogens with one attached hydrogen (secondary N) is 1. The summed E-state index contributed by atoms with van der Waals surface area (Å²) in [7, 11) is 6.24. The van der Waals surface area contributed by atoms with Gasteiger partial charge in [-0.15, -0.1) is 0 Å². The van der Waals surface area contributed by atoms with Crippen molar-refractivity contribution in [1.82, 2.24) is 10.2 Å². The number of rotatable bonds is 5. The van der Waals surface area contributed by atoms with Crippen molar-refractivity contribution in [3.63, 3.8) is 0 Å². The Bertz CT molecular complexity index is 397. The summed E-state index contributed by atoms with van der Waals surface area (Å²) in [5.41, 5.74) is 2.70. The van der Waals surface area contributed by atoms with E-state index in [9.17, 15) is 0 Å². The highest BCUT2D eigenvalue weighted by Crippen LogP contribution is 2.27. The van der Waals surface area contributed by atoms with Crippen LogP contribution in [0.2, 0.25) is 0 Å². The maximum atomic E-state index is 3.32. The monoisotopic (exact) mass is 275 g/mol. The SMILES string of the molecule is CNCC1CCCN(C(C)c2ccc(N(C)C)cc2)C1. The minimum Gasteiger partial charge on any atom is -0.378 e. The van der Waals surface area contributed by atoms with Crippen molar-refractivity contribution >= 4 is 5.69 Å². The van der Waals surface area contributed by atoms with Crippen molar-refractivity contribution in [2.24, 2.45) is 5.92 Å². The number of benzene rings is 1. The minimum atomic E-state index is 0.519. The number of likely N-dealkylation sites (tertiary alicyclic amines) is 1. The van der Waals surface area contributed by atoms with E-state index in [1.54, 1.807) is 0 Å². The summed E-state index contributed by atoms with van der Waals surface area (Å²) in [4.78, 5) is 4.79. The quantitative estimate of drug-likeness (QED) is 0.891. The lowest BCUT2D eigenvalue weighted by Gasteiger charge is -2.37. The molecule has 0 bridgehead atoms. The van der Waals surface area contributed by atoms with E-state index in [0.29, 0.717) is 6.04 Å². The van der Waals surface area contributed by atoms with Crippen molar-refractivity contribution in [2.45, 2.75) is 25.8 Å². The number of hydrogen-bond acceptors (Lipinski definition) is 3. The highest BCUT2D eigenvalue weighted by atomic mass is 15.2.